The molecule has 0 spiro atoms. The van der Waals surface area contributed by atoms with Crippen LogP contribution >= 0.6 is 0 Å². The van der Waals surface area contributed by atoms with E-state index >= 15 is 0 Å². The smallest absolute Gasteiger partial charge is 0.0159 e. The summed E-state index contributed by atoms with van der Waals surface area (Å²) in [6.45, 7) is 14.4. The molecule has 0 heteroatoms. The van der Waals surface area contributed by atoms with Crippen LogP contribution in [-0.4, -0.2) is 0 Å². The van der Waals surface area contributed by atoms with Crippen molar-refractivity contribution in [1.29, 1.82) is 0 Å². The maximum atomic E-state index is 2.48. The zero-order valence-electron chi connectivity index (χ0n) is 37.0. The lowest BCUT2D eigenvalue weighted by molar-refractivity contribution is 0.659. The molecule has 0 radical (unpaired) electrons. The van der Waals surface area contributed by atoms with E-state index < -0.39 is 0 Å². The lowest BCUT2D eigenvalue weighted by atomic mass is 9.79. The quantitative estimate of drug-likeness (QED) is 0.163. The van der Waals surface area contributed by atoms with Crippen molar-refractivity contribution in [1.82, 2.24) is 0 Å². The lowest BCUT2D eigenvalue weighted by Crippen LogP contribution is -2.16. The van der Waals surface area contributed by atoms with Crippen LogP contribution in [0, 0.1) is 0 Å². The molecule has 0 N–H and O–H groups in total. The van der Waals surface area contributed by atoms with Crippen LogP contribution in [0.25, 0.3) is 89.0 Å². The molecule has 0 saturated carbocycles. The van der Waals surface area contributed by atoms with E-state index in [0.29, 0.717) is 0 Å². The van der Waals surface area contributed by atoms with Crippen molar-refractivity contribution in [3.63, 3.8) is 0 Å². The maximum Gasteiger partial charge on any atom is 0.0159 e. The highest BCUT2D eigenvalue weighted by Crippen LogP contribution is 2.55. The van der Waals surface area contributed by atoms with Crippen LogP contribution in [0.3, 0.4) is 0 Å². The van der Waals surface area contributed by atoms with Gasteiger partial charge in [0.25, 0.3) is 0 Å². The standard InChI is InChI=1S/C63H50/c1-61(2)54-23-14-13-20-48(54)49-29-24-41(34-55(49)61)42-25-30-50-51-31-26-43(36-57(51)62(3,4)56(50)35-42)44-27-32-52-53-33-28-45(38-59(53)63(5,6)58(52)37-44)47-22-15-21-46(39-16-9-7-10-17-39)60(47)40-18-11-8-12-19-40/h7-38H,1-6H3. The number of rotatable bonds is 5. The van der Waals surface area contributed by atoms with Crippen LogP contribution in [0.4, 0.5) is 0 Å². The molecule has 3 aliphatic rings. The Bertz CT molecular complexity index is 3340. The predicted molar refractivity (Wildman–Crippen MR) is 266 cm³/mol. The van der Waals surface area contributed by atoms with Crippen LogP contribution in [0.2, 0.25) is 0 Å². The monoisotopic (exact) mass is 806 g/mol. The zero-order valence-corrected chi connectivity index (χ0v) is 37.0. The average molecular weight is 807 g/mol. The largest absolute Gasteiger partial charge is 0.0622 e. The van der Waals surface area contributed by atoms with Gasteiger partial charge in [0.1, 0.15) is 0 Å². The first kappa shape index (κ1) is 37.7. The van der Waals surface area contributed by atoms with Crippen LogP contribution in [-0.2, 0) is 16.2 Å². The summed E-state index contributed by atoms with van der Waals surface area (Å²) in [6, 6.07) is 73.2. The highest BCUT2D eigenvalue weighted by molar-refractivity contribution is 5.96. The summed E-state index contributed by atoms with van der Waals surface area (Å²) in [4.78, 5) is 0. The molecule has 12 rings (SSSR count). The van der Waals surface area contributed by atoms with Gasteiger partial charge in [-0.05, 0) is 153 Å². The van der Waals surface area contributed by atoms with Gasteiger partial charge in [-0.15, -0.1) is 0 Å². The van der Waals surface area contributed by atoms with E-state index in [1.807, 2.05) is 0 Å². The molecule has 0 bridgehead atoms. The van der Waals surface area contributed by atoms with Crippen molar-refractivity contribution in [2.75, 3.05) is 0 Å². The SMILES string of the molecule is CC1(C)c2ccccc2-c2ccc(-c3ccc4c(c3)C(C)(C)c3cc(-c5ccc6c(c5)C(C)(C)c5cc(-c7cccc(-c8ccccc8)c7-c7ccccc7)ccc5-6)ccc3-4)cc21. The third-order valence-electron chi connectivity index (χ3n) is 15.1. The molecule has 0 aromatic heterocycles. The number of fused-ring (bicyclic) bond motifs is 9. The molecule has 9 aromatic carbocycles. The van der Waals surface area contributed by atoms with Crippen molar-refractivity contribution in [3.05, 3.63) is 228 Å². The van der Waals surface area contributed by atoms with Crippen LogP contribution < -0.4 is 0 Å². The third kappa shape index (κ3) is 5.53. The Morgan fingerprint density at radius 3 is 0.952 bits per heavy atom. The third-order valence-corrected chi connectivity index (χ3v) is 15.1. The van der Waals surface area contributed by atoms with Gasteiger partial charge in [0.05, 0.1) is 0 Å². The summed E-state index contributed by atoms with van der Waals surface area (Å²) < 4.78 is 0. The van der Waals surface area contributed by atoms with Crippen molar-refractivity contribution in [2.24, 2.45) is 0 Å². The zero-order chi connectivity index (χ0) is 42.8. The first-order valence-electron chi connectivity index (χ1n) is 22.6. The summed E-state index contributed by atoms with van der Waals surface area (Å²) in [7, 11) is 0. The number of benzene rings is 9. The molecular weight excluding hydrogens is 757 g/mol. The Morgan fingerprint density at radius 2 is 0.508 bits per heavy atom. The molecule has 63 heavy (non-hydrogen) atoms. The second kappa shape index (κ2) is 13.5. The molecule has 0 amide bonds. The Morgan fingerprint density at radius 1 is 0.206 bits per heavy atom. The van der Waals surface area contributed by atoms with Gasteiger partial charge in [-0.1, -0.05) is 205 Å². The molecule has 0 saturated heterocycles. The maximum absolute atomic E-state index is 2.48. The first-order chi connectivity index (χ1) is 30.5. The summed E-state index contributed by atoms with van der Waals surface area (Å²) in [6.07, 6.45) is 0. The van der Waals surface area contributed by atoms with Gasteiger partial charge in [0.15, 0.2) is 0 Å². The molecule has 0 aliphatic heterocycles. The predicted octanol–water partition coefficient (Wildman–Crippen LogP) is 16.9. The molecule has 302 valence electrons. The Balaban J connectivity index is 0.882. The Hall–Kier alpha value is -7.02. The number of hydrogen-bond acceptors (Lipinski definition) is 0. The van der Waals surface area contributed by atoms with Gasteiger partial charge in [0.2, 0.25) is 0 Å². The minimum Gasteiger partial charge on any atom is -0.0622 e. The fourth-order valence-corrected chi connectivity index (χ4v) is 11.6. The van der Waals surface area contributed by atoms with Crippen LogP contribution in [0.15, 0.2) is 194 Å². The van der Waals surface area contributed by atoms with Crippen molar-refractivity contribution in [2.45, 2.75) is 57.8 Å². The van der Waals surface area contributed by atoms with E-state index in [4.69, 9.17) is 0 Å². The number of hydrogen-bond donors (Lipinski definition) is 0. The summed E-state index contributed by atoms with van der Waals surface area (Å²) >= 11 is 0. The van der Waals surface area contributed by atoms with Crippen LogP contribution in [0.1, 0.15) is 74.9 Å². The van der Waals surface area contributed by atoms with Crippen molar-refractivity contribution < 1.29 is 0 Å². The molecule has 0 unspecified atom stereocenters. The van der Waals surface area contributed by atoms with E-state index in [9.17, 15) is 0 Å². The topological polar surface area (TPSA) is 0 Å². The highest BCUT2D eigenvalue weighted by Gasteiger charge is 2.39. The normalized spacial score (nSPS) is 15.2. The molecule has 0 atom stereocenters. The van der Waals surface area contributed by atoms with Crippen molar-refractivity contribution in [3.8, 4) is 89.0 Å². The van der Waals surface area contributed by atoms with E-state index in [-0.39, 0.29) is 16.2 Å². The minimum absolute atomic E-state index is 0.0228. The van der Waals surface area contributed by atoms with Crippen LogP contribution in [0.5, 0.6) is 0 Å². The Labute approximate surface area is 372 Å². The molecule has 9 aromatic rings. The molecular formula is C63H50. The Kier molecular flexibility index (Phi) is 8.08. The van der Waals surface area contributed by atoms with Gasteiger partial charge < -0.3 is 0 Å². The van der Waals surface area contributed by atoms with Gasteiger partial charge >= 0.3 is 0 Å². The second-order valence-electron chi connectivity index (χ2n) is 19.7. The lowest BCUT2D eigenvalue weighted by Gasteiger charge is -2.24. The first-order valence-corrected chi connectivity index (χ1v) is 22.6. The van der Waals surface area contributed by atoms with E-state index in [0.717, 1.165) is 0 Å². The molecule has 0 nitrogen and oxygen atoms in total. The fourth-order valence-electron chi connectivity index (χ4n) is 11.6. The van der Waals surface area contributed by atoms with E-state index in [2.05, 4.69) is 236 Å². The summed E-state index contributed by atoms with van der Waals surface area (Å²) in [5, 5.41) is 0. The van der Waals surface area contributed by atoms with E-state index in [1.54, 1.807) is 0 Å². The minimum atomic E-state index is -0.168. The molecule has 0 fully saturated rings. The molecule has 0 heterocycles. The van der Waals surface area contributed by atoms with Gasteiger partial charge in [0, 0.05) is 16.2 Å². The molecule has 3 aliphatic carbocycles. The van der Waals surface area contributed by atoms with Gasteiger partial charge in [-0.3, -0.25) is 0 Å². The highest BCUT2D eigenvalue weighted by atomic mass is 14.4. The summed E-state index contributed by atoms with van der Waals surface area (Å²) in [5.74, 6) is 0. The van der Waals surface area contributed by atoms with Crippen molar-refractivity contribution >= 4 is 0 Å². The fraction of sp³-hybridized carbons (Fsp3) is 0.143. The van der Waals surface area contributed by atoms with Gasteiger partial charge in [-0.25, -0.2) is 0 Å². The second-order valence-corrected chi connectivity index (χ2v) is 19.7. The average Bonchev–Trinajstić information content (AvgIpc) is 3.80. The summed E-state index contributed by atoms with van der Waals surface area (Å²) in [5.41, 5.74) is 28.8. The van der Waals surface area contributed by atoms with E-state index in [1.165, 1.54) is 122 Å². The van der Waals surface area contributed by atoms with Gasteiger partial charge in [-0.2, -0.15) is 0 Å².